The maximum Gasteiger partial charge on any atom is 0.0163 e. The van der Waals surface area contributed by atoms with Gasteiger partial charge in [0.05, 0.1) is 0 Å². The fourth-order valence-electron chi connectivity index (χ4n) is 5.01. The molecule has 94 valence electrons. The summed E-state index contributed by atoms with van der Waals surface area (Å²) in [5, 5.41) is 0. The number of hydrogen-bond acceptors (Lipinski definition) is 1. The molecule has 0 aliphatic carbocycles. The van der Waals surface area contributed by atoms with E-state index in [0.717, 1.165) is 6.04 Å². The maximum atomic E-state index is 2.76. The lowest BCUT2D eigenvalue weighted by molar-refractivity contribution is -0.0539. The minimum Gasteiger partial charge on any atom is -0.300 e. The van der Waals surface area contributed by atoms with Gasteiger partial charge in [0.2, 0.25) is 0 Å². The average Bonchev–Trinajstić information content (AvgIpc) is 2.54. The largest absolute Gasteiger partial charge is 0.300 e. The van der Waals surface area contributed by atoms with Crippen LogP contribution in [-0.2, 0) is 0 Å². The summed E-state index contributed by atoms with van der Waals surface area (Å²) in [4.78, 5) is 2.76. The molecule has 0 amide bonds. The second kappa shape index (κ2) is 3.48. The van der Waals surface area contributed by atoms with E-state index in [-0.39, 0.29) is 0 Å². The highest BCUT2D eigenvalue weighted by Crippen LogP contribution is 2.62. The van der Waals surface area contributed by atoms with Crippen LogP contribution in [0.2, 0.25) is 0 Å². The van der Waals surface area contributed by atoms with Gasteiger partial charge >= 0.3 is 0 Å². The van der Waals surface area contributed by atoms with Crippen molar-refractivity contribution >= 4 is 0 Å². The van der Waals surface area contributed by atoms with Crippen molar-refractivity contribution in [2.24, 2.45) is 16.2 Å². The molecule has 2 fully saturated rings. The van der Waals surface area contributed by atoms with Crippen LogP contribution in [0, 0.1) is 16.2 Å². The zero-order chi connectivity index (χ0) is 12.2. The summed E-state index contributed by atoms with van der Waals surface area (Å²) in [6.45, 7) is 17.4. The van der Waals surface area contributed by atoms with E-state index in [4.69, 9.17) is 0 Å². The van der Waals surface area contributed by atoms with Crippen LogP contribution in [-0.4, -0.2) is 24.0 Å². The van der Waals surface area contributed by atoms with Crippen molar-refractivity contribution in [2.75, 3.05) is 13.1 Å². The van der Waals surface area contributed by atoms with E-state index in [9.17, 15) is 0 Å². The van der Waals surface area contributed by atoms with E-state index in [1.165, 1.54) is 32.4 Å². The van der Waals surface area contributed by atoms with E-state index in [1.807, 2.05) is 0 Å². The van der Waals surface area contributed by atoms with E-state index < -0.39 is 0 Å². The Morgan fingerprint density at radius 1 is 0.938 bits per heavy atom. The molecule has 0 spiro atoms. The Bertz CT molecular complexity index is 252. The Balaban J connectivity index is 2.44. The Labute approximate surface area is 102 Å². The van der Waals surface area contributed by atoms with Crippen molar-refractivity contribution in [3.8, 4) is 0 Å². The van der Waals surface area contributed by atoms with Gasteiger partial charge in [0.15, 0.2) is 0 Å². The molecule has 0 saturated carbocycles. The van der Waals surface area contributed by atoms with Crippen molar-refractivity contribution < 1.29 is 0 Å². The molecule has 1 atom stereocenters. The van der Waals surface area contributed by atoms with Crippen LogP contribution < -0.4 is 0 Å². The molecule has 0 radical (unpaired) electrons. The van der Waals surface area contributed by atoms with Crippen LogP contribution in [0.4, 0.5) is 0 Å². The van der Waals surface area contributed by atoms with E-state index in [0.29, 0.717) is 16.2 Å². The summed E-state index contributed by atoms with van der Waals surface area (Å²) in [7, 11) is 0. The van der Waals surface area contributed by atoms with Crippen LogP contribution in [0.5, 0.6) is 0 Å². The first-order valence-electron chi connectivity index (χ1n) is 6.94. The summed E-state index contributed by atoms with van der Waals surface area (Å²) >= 11 is 0. The molecule has 2 heterocycles. The highest BCUT2D eigenvalue weighted by Gasteiger charge is 2.60. The highest BCUT2D eigenvalue weighted by atomic mass is 15.2. The molecule has 16 heavy (non-hydrogen) atoms. The first-order chi connectivity index (χ1) is 7.20. The molecule has 2 aliphatic rings. The third-order valence-electron chi connectivity index (χ3n) is 5.40. The van der Waals surface area contributed by atoms with Gasteiger partial charge in [-0.2, -0.15) is 0 Å². The fourth-order valence-corrected chi connectivity index (χ4v) is 5.01. The predicted molar refractivity (Wildman–Crippen MR) is 70.6 cm³/mol. The molecule has 2 rings (SSSR count). The van der Waals surface area contributed by atoms with Crippen molar-refractivity contribution in [2.45, 2.75) is 66.8 Å². The zero-order valence-corrected chi connectivity index (χ0v) is 12.1. The molecular formula is C15H29N. The average molecular weight is 223 g/mol. The SMILES string of the molecule is CC(C)(C)C1(C(C)(C)C)CCN2CCCC21. The van der Waals surface area contributed by atoms with Gasteiger partial charge < -0.3 is 0 Å². The van der Waals surface area contributed by atoms with Gasteiger partial charge in [-0.1, -0.05) is 41.5 Å². The van der Waals surface area contributed by atoms with E-state index in [2.05, 4.69) is 46.4 Å². The highest BCUT2D eigenvalue weighted by molar-refractivity contribution is 5.11. The second-order valence-corrected chi connectivity index (χ2v) is 7.92. The first-order valence-corrected chi connectivity index (χ1v) is 6.94. The Kier molecular flexibility index (Phi) is 2.70. The number of hydrogen-bond donors (Lipinski definition) is 0. The van der Waals surface area contributed by atoms with Crippen LogP contribution in [0.1, 0.15) is 60.8 Å². The molecule has 1 nitrogen and oxygen atoms in total. The minimum absolute atomic E-state index is 0.412. The lowest BCUT2D eigenvalue weighted by Crippen LogP contribution is -2.53. The second-order valence-electron chi connectivity index (χ2n) is 7.92. The Morgan fingerprint density at radius 2 is 1.50 bits per heavy atom. The summed E-state index contributed by atoms with van der Waals surface area (Å²) in [6, 6.07) is 0.840. The fraction of sp³-hybridized carbons (Fsp3) is 1.00. The third kappa shape index (κ3) is 1.47. The first kappa shape index (κ1) is 12.4. The van der Waals surface area contributed by atoms with E-state index >= 15 is 0 Å². The van der Waals surface area contributed by atoms with E-state index in [1.54, 1.807) is 0 Å². The smallest absolute Gasteiger partial charge is 0.0163 e. The maximum absolute atomic E-state index is 2.76. The lowest BCUT2D eigenvalue weighted by Gasteiger charge is -2.55. The third-order valence-corrected chi connectivity index (χ3v) is 5.40. The molecule has 0 aromatic heterocycles. The molecule has 1 unspecified atom stereocenters. The molecule has 2 aliphatic heterocycles. The van der Waals surface area contributed by atoms with Crippen LogP contribution in [0.25, 0.3) is 0 Å². The lowest BCUT2D eigenvalue weighted by atomic mass is 9.50. The summed E-state index contributed by atoms with van der Waals surface area (Å²) in [5.41, 5.74) is 1.32. The van der Waals surface area contributed by atoms with Crippen molar-refractivity contribution in [3.63, 3.8) is 0 Å². The standard InChI is InChI=1S/C15H29N/c1-13(2,3)15(14(4,5)6)9-11-16-10-7-8-12(15)16/h12H,7-11H2,1-6H3. The number of nitrogens with zero attached hydrogens (tertiary/aromatic N) is 1. The summed E-state index contributed by atoms with van der Waals surface area (Å²) in [5.74, 6) is 0. The number of rotatable bonds is 0. The molecule has 0 bridgehead atoms. The number of fused-ring (bicyclic) bond motifs is 1. The molecular weight excluding hydrogens is 194 g/mol. The minimum atomic E-state index is 0.412. The van der Waals surface area contributed by atoms with Crippen molar-refractivity contribution in [1.29, 1.82) is 0 Å². The van der Waals surface area contributed by atoms with Gasteiger partial charge in [-0.15, -0.1) is 0 Å². The van der Waals surface area contributed by atoms with Gasteiger partial charge in [0.25, 0.3) is 0 Å². The topological polar surface area (TPSA) is 3.24 Å². The Morgan fingerprint density at radius 3 is 2.00 bits per heavy atom. The predicted octanol–water partition coefficient (Wildman–Crippen LogP) is 3.93. The van der Waals surface area contributed by atoms with Gasteiger partial charge in [-0.25, -0.2) is 0 Å². The van der Waals surface area contributed by atoms with Gasteiger partial charge in [0, 0.05) is 6.04 Å². The van der Waals surface area contributed by atoms with Crippen molar-refractivity contribution in [1.82, 2.24) is 4.90 Å². The summed E-state index contributed by atoms with van der Waals surface area (Å²) < 4.78 is 0. The molecule has 0 N–H and O–H groups in total. The summed E-state index contributed by atoms with van der Waals surface area (Å²) in [6.07, 6.45) is 4.23. The van der Waals surface area contributed by atoms with Gasteiger partial charge in [-0.05, 0) is 48.6 Å². The van der Waals surface area contributed by atoms with Crippen LogP contribution in [0.3, 0.4) is 0 Å². The van der Waals surface area contributed by atoms with Crippen molar-refractivity contribution in [3.05, 3.63) is 0 Å². The van der Waals surface area contributed by atoms with Gasteiger partial charge in [-0.3, -0.25) is 4.90 Å². The normalized spacial score (nSPS) is 30.8. The molecule has 1 heteroatoms. The quantitative estimate of drug-likeness (QED) is 0.601. The van der Waals surface area contributed by atoms with Gasteiger partial charge in [0.1, 0.15) is 0 Å². The molecule has 2 saturated heterocycles. The Hall–Kier alpha value is -0.0400. The van der Waals surface area contributed by atoms with Crippen LogP contribution in [0.15, 0.2) is 0 Å². The van der Waals surface area contributed by atoms with Crippen LogP contribution >= 0.6 is 0 Å². The zero-order valence-electron chi connectivity index (χ0n) is 12.1. The monoisotopic (exact) mass is 223 g/mol. The molecule has 0 aromatic rings. The molecule has 0 aromatic carbocycles.